The van der Waals surface area contributed by atoms with E-state index in [1.807, 2.05) is 43.3 Å². The summed E-state index contributed by atoms with van der Waals surface area (Å²) in [5.41, 5.74) is 2.27. The lowest BCUT2D eigenvalue weighted by Crippen LogP contribution is -2.54. The maximum Gasteiger partial charge on any atom is 0.335 e. The topological polar surface area (TPSA) is 69.7 Å². The molecular formula is C21H18BrN3O3. The molecule has 28 heavy (non-hydrogen) atoms. The van der Waals surface area contributed by atoms with Gasteiger partial charge in [0, 0.05) is 24.3 Å². The maximum absolute atomic E-state index is 12.7. The second-order valence-electron chi connectivity index (χ2n) is 6.30. The van der Waals surface area contributed by atoms with Crippen molar-refractivity contribution in [3.8, 4) is 0 Å². The number of imide groups is 2. The minimum atomic E-state index is -0.766. The van der Waals surface area contributed by atoms with Crippen molar-refractivity contribution in [2.45, 2.75) is 0 Å². The van der Waals surface area contributed by atoms with E-state index in [1.54, 1.807) is 36.4 Å². The molecule has 1 fully saturated rings. The number of hydrogen-bond donors (Lipinski definition) is 1. The quantitative estimate of drug-likeness (QED) is 0.581. The number of carbonyl (C=O) groups excluding carboxylic acids is 3. The van der Waals surface area contributed by atoms with Crippen molar-refractivity contribution in [3.05, 3.63) is 76.3 Å². The summed E-state index contributed by atoms with van der Waals surface area (Å²) in [6.45, 7) is 0. The summed E-state index contributed by atoms with van der Waals surface area (Å²) in [5, 5.41) is 2.20. The zero-order valence-corrected chi connectivity index (χ0v) is 16.9. The molecule has 142 valence electrons. The van der Waals surface area contributed by atoms with E-state index in [2.05, 4.69) is 21.2 Å². The SMILES string of the molecule is CN(C)c1ccc(C=CC=C2C(=O)NC(=O)N(c3ccc(Br)cc3)C2=O)cc1. The first-order valence-electron chi connectivity index (χ1n) is 8.48. The van der Waals surface area contributed by atoms with Gasteiger partial charge in [-0.25, -0.2) is 9.69 Å². The molecule has 1 heterocycles. The van der Waals surface area contributed by atoms with E-state index in [-0.39, 0.29) is 5.57 Å². The molecule has 2 aromatic rings. The lowest BCUT2D eigenvalue weighted by Gasteiger charge is -2.26. The van der Waals surface area contributed by atoms with Crippen LogP contribution in [0.1, 0.15) is 5.56 Å². The van der Waals surface area contributed by atoms with Gasteiger partial charge in [-0.1, -0.05) is 40.2 Å². The van der Waals surface area contributed by atoms with Crippen LogP contribution >= 0.6 is 15.9 Å². The van der Waals surface area contributed by atoms with Gasteiger partial charge >= 0.3 is 6.03 Å². The largest absolute Gasteiger partial charge is 0.378 e. The molecule has 7 heteroatoms. The van der Waals surface area contributed by atoms with E-state index in [0.717, 1.165) is 20.6 Å². The van der Waals surface area contributed by atoms with Crippen LogP contribution in [0.5, 0.6) is 0 Å². The smallest absolute Gasteiger partial charge is 0.335 e. The van der Waals surface area contributed by atoms with Crippen LogP contribution in [0.3, 0.4) is 0 Å². The third kappa shape index (κ3) is 4.20. The molecule has 3 rings (SSSR count). The molecule has 1 aliphatic rings. The number of barbiturate groups is 1. The first-order valence-corrected chi connectivity index (χ1v) is 9.27. The molecule has 4 amide bonds. The van der Waals surface area contributed by atoms with E-state index in [0.29, 0.717) is 5.69 Å². The van der Waals surface area contributed by atoms with Crippen molar-refractivity contribution in [3.63, 3.8) is 0 Å². The van der Waals surface area contributed by atoms with E-state index in [4.69, 9.17) is 0 Å². The normalized spacial score (nSPS) is 16.0. The Morgan fingerprint density at radius 2 is 1.61 bits per heavy atom. The number of allylic oxidation sites excluding steroid dienone is 2. The third-order valence-electron chi connectivity index (χ3n) is 4.15. The standard InChI is InChI=1S/C21H18BrN3O3/c1-24(2)16-10-6-14(7-11-16)4-3-5-18-19(26)23-21(28)25(20(18)27)17-12-8-15(22)9-13-17/h3-13H,1-2H3,(H,23,26,28). The summed E-state index contributed by atoms with van der Waals surface area (Å²) < 4.78 is 0.816. The van der Waals surface area contributed by atoms with Crippen LogP contribution in [0.4, 0.5) is 16.2 Å². The monoisotopic (exact) mass is 439 g/mol. The molecule has 0 atom stereocenters. The molecule has 0 saturated carbocycles. The summed E-state index contributed by atoms with van der Waals surface area (Å²) in [6, 6.07) is 13.7. The second-order valence-corrected chi connectivity index (χ2v) is 7.22. The van der Waals surface area contributed by atoms with E-state index in [1.165, 1.54) is 6.08 Å². The van der Waals surface area contributed by atoms with Gasteiger partial charge in [0.1, 0.15) is 5.57 Å². The molecule has 1 N–H and O–H groups in total. The Labute approximate surface area is 171 Å². The van der Waals surface area contributed by atoms with Gasteiger partial charge < -0.3 is 4.90 Å². The number of rotatable bonds is 4. The Morgan fingerprint density at radius 1 is 0.964 bits per heavy atom. The number of nitrogens with one attached hydrogen (secondary N) is 1. The van der Waals surface area contributed by atoms with Gasteiger partial charge in [0.05, 0.1) is 5.69 Å². The lowest BCUT2D eigenvalue weighted by atomic mass is 10.1. The Hall–Kier alpha value is -3.19. The Morgan fingerprint density at radius 3 is 2.21 bits per heavy atom. The van der Waals surface area contributed by atoms with E-state index < -0.39 is 17.8 Å². The molecule has 0 unspecified atom stereocenters. The highest BCUT2D eigenvalue weighted by molar-refractivity contribution is 9.10. The summed E-state index contributed by atoms with van der Waals surface area (Å²) in [5.74, 6) is -1.38. The molecule has 0 bridgehead atoms. The van der Waals surface area contributed by atoms with E-state index in [9.17, 15) is 14.4 Å². The van der Waals surface area contributed by atoms with Crippen LogP contribution in [0.2, 0.25) is 0 Å². The number of nitrogens with zero attached hydrogens (tertiary/aromatic N) is 2. The van der Waals surface area contributed by atoms with Gasteiger partial charge in [-0.3, -0.25) is 14.9 Å². The molecular weight excluding hydrogens is 422 g/mol. The highest BCUT2D eigenvalue weighted by Crippen LogP contribution is 2.23. The number of benzene rings is 2. The highest BCUT2D eigenvalue weighted by atomic mass is 79.9. The summed E-state index contributed by atoms with van der Waals surface area (Å²) in [4.78, 5) is 39.9. The number of hydrogen-bond acceptors (Lipinski definition) is 4. The third-order valence-corrected chi connectivity index (χ3v) is 4.68. The molecule has 6 nitrogen and oxygen atoms in total. The second kappa shape index (κ2) is 8.22. The number of anilines is 2. The molecule has 0 aromatic heterocycles. The zero-order chi connectivity index (χ0) is 20.3. The predicted molar refractivity (Wildman–Crippen MR) is 113 cm³/mol. The molecule has 0 radical (unpaired) electrons. The fourth-order valence-corrected chi connectivity index (χ4v) is 2.91. The molecule has 2 aromatic carbocycles. The summed E-state index contributed by atoms with van der Waals surface area (Å²) in [6.07, 6.45) is 4.82. The van der Waals surface area contributed by atoms with Crippen LogP contribution in [-0.4, -0.2) is 31.9 Å². The van der Waals surface area contributed by atoms with Crippen LogP contribution in [0, 0.1) is 0 Å². The van der Waals surface area contributed by atoms with E-state index >= 15 is 0 Å². The maximum atomic E-state index is 12.7. The molecule has 1 aliphatic heterocycles. The highest BCUT2D eigenvalue weighted by Gasteiger charge is 2.36. The summed E-state index contributed by atoms with van der Waals surface area (Å²) in [7, 11) is 3.92. The average molecular weight is 440 g/mol. The van der Waals surface area contributed by atoms with Crippen molar-refractivity contribution >= 4 is 51.2 Å². The zero-order valence-electron chi connectivity index (χ0n) is 15.3. The fourth-order valence-electron chi connectivity index (χ4n) is 2.64. The number of urea groups is 1. The molecule has 0 spiro atoms. The first kappa shape index (κ1) is 19.6. The van der Waals surface area contributed by atoms with Gasteiger partial charge in [-0.05, 0) is 48.0 Å². The number of carbonyl (C=O) groups is 3. The van der Waals surface area contributed by atoms with Crippen molar-refractivity contribution in [2.24, 2.45) is 0 Å². The van der Waals surface area contributed by atoms with Crippen LogP contribution in [0.25, 0.3) is 6.08 Å². The average Bonchev–Trinajstić information content (AvgIpc) is 2.66. The lowest BCUT2D eigenvalue weighted by molar-refractivity contribution is -0.122. The van der Waals surface area contributed by atoms with Crippen LogP contribution < -0.4 is 15.1 Å². The predicted octanol–water partition coefficient (Wildman–Crippen LogP) is 3.74. The van der Waals surface area contributed by atoms with Crippen LogP contribution in [-0.2, 0) is 9.59 Å². The minimum absolute atomic E-state index is 0.108. The molecule has 1 saturated heterocycles. The first-order chi connectivity index (χ1) is 13.4. The van der Waals surface area contributed by atoms with Crippen molar-refractivity contribution < 1.29 is 14.4 Å². The van der Waals surface area contributed by atoms with Crippen molar-refractivity contribution in [2.75, 3.05) is 23.9 Å². The number of amides is 4. The Kier molecular flexibility index (Phi) is 5.75. The van der Waals surface area contributed by atoms with Crippen LogP contribution in [0.15, 0.2) is 70.7 Å². The molecule has 0 aliphatic carbocycles. The minimum Gasteiger partial charge on any atom is -0.378 e. The Bertz CT molecular complexity index is 977. The van der Waals surface area contributed by atoms with Gasteiger partial charge in [0.25, 0.3) is 11.8 Å². The fraction of sp³-hybridized carbons (Fsp3) is 0.0952. The van der Waals surface area contributed by atoms with Gasteiger partial charge in [0.15, 0.2) is 0 Å². The van der Waals surface area contributed by atoms with Gasteiger partial charge in [0.2, 0.25) is 0 Å². The Balaban J connectivity index is 1.83. The number of halogens is 1. The van der Waals surface area contributed by atoms with Crippen molar-refractivity contribution in [1.29, 1.82) is 0 Å². The summed E-state index contributed by atoms with van der Waals surface area (Å²) >= 11 is 3.31. The van der Waals surface area contributed by atoms with Gasteiger partial charge in [-0.2, -0.15) is 0 Å². The van der Waals surface area contributed by atoms with Crippen molar-refractivity contribution in [1.82, 2.24) is 5.32 Å². The van der Waals surface area contributed by atoms with Gasteiger partial charge in [-0.15, -0.1) is 0 Å².